The number of benzene rings is 1. The van der Waals surface area contributed by atoms with E-state index in [1.807, 2.05) is 0 Å². The zero-order valence-corrected chi connectivity index (χ0v) is 10.0. The molecule has 1 aromatic heterocycles. The van der Waals surface area contributed by atoms with Crippen molar-refractivity contribution in [3.63, 3.8) is 0 Å². The summed E-state index contributed by atoms with van der Waals surface area (Å²) in [7, 11) is 0. The first-order valence-corrected chi connectivity index (χ1v) is 5.36. The van der Waals surface area contributed by atoms with Crippen molar-refractivity contribution in [2.24, 2.45) is 0 Å². The van der Waals surface area contributed by atoms with Crippen LogP contribution in [0.1, 0.15) is 0 Å². The van der Waals surface area contributed by atoms with Crippen LogP contribution in [-0.4, -0.2) is 10.3 Å². The molecule has 0 amide bonds. The van der Waals surface area contributed by atoms with Crippen molar-refractivity contribution in [2.75, 3.05) is 0 Å². The average Bonchev–Trinajstić information content (AvgIpc) is 2.63. The Balaban J connectivity index is 2.64. The summed E-state index contributed by atoms with van der Waals surface area (Å²) in [5, 5.41) is 13.3. The van der Waals surface area contributed by atoms with Crippen LogP contribution in [0.25, 0.3) is 11.3 Å². The molecule has 0 saturated carbocycles. The first-order chi connectivity index (χ1) is 6.68. The molecule has 0 atom stereocenters. The van der Waals surface area contributed by atoms with Gasteiger partial charge in [-0.25, -0.2) is 0 Å². The molecule has 5 heteroatoms. The molecule has 3 nitrogen and oxygen atoms in total. The van der Waals surface area contributed by atoms with Gasteiger partial charge >= 0.3 is 0 Å². The molecule has 14 heavy (non-hydrogen) atoms. The molecule has 0 spiro atoms. The van der Waals surface area contributed by atoms with Crippen LogP contribution in [0.4, 0.5) is 0 Å². The minimum Gasteiger partial charge on any atom is -0.506 e. The predicted molar refractivity (Wildman–Crippen MR) is 59.0 cm³/mol. The maximum absolute atomic E-state index is 9.74. The second-order valence-corrected chi connectivity index (χ2v) is 4.43. The monoisotopic (exact) mass is 317 g/mol. The van der Waals surface area contributed by atoms with Gasteiger partial charge in [0.1, 0.15) is 5.75 Å². The van der Waals surface area contributed by atoms with Crippen molar-refractivity contribution < 1.29 is 9.63 Å². The van der Waals surface area contributed by atoms with Crippen LogP contribution < -0.4 is 0 Å². The second-order valence-electron chi connectivity index (χ2n) is 2.66. The van der Waals surface area contributed by atoms with Crippen molar-refractivity contribution in [1.82, 2.24) is 5.16 Å². The summed E-state index contributed by atoms with van der Waals surface area (Å²) in [6, 6.07) is 5.21. The van der Waals surface area contributed by atoms with E-state index in [9.17, 15) is 5.11 Å². The van der Waals surface area contributed by atoms with E-state index in [2.05, 4.69) is 37.0 Å². The molecule has 1 heterocycles. The van der Waals surface area contributed by atoms with Crippen LogP contribution in [0.2, 0.25) is 0 Å². The van der Waals surface area contributed by atoms with Crippen molar-refractivity contribution in [1.29, 1.82) is 0 Å². The smallest absolute Gasteiger partial charge is 0.170 e. The van der Waals surface area contributed by atoms with Crippen LogP contribution in [-0.2, 0) is 0 Å². The van der Waals surface area contributed by atoms with E-state index in [0.29, 0.717) is 15.8 Å². The Kier molecular flexibility index (Phi) is 2.60. The average molecular weight is 319 g/mol. The standard InChI is InChI=1S/C9H5Br2NO2/c10-5-3-6(8-1-2-12-14-8)9(13)7(11)4-5/h1-4,13H. The van der Waals surface area contributed by atoms with E-state index in [0.717, 1.165) is 4.47 Å². The molecule has 0 radical (unpaired) electrons. The van der Waals surface area contributed by atoms with Crippen LogP contribution in [0.3, 0.4) is 0 Å². The van der Waals surface area contributed by atoms with Crippen molar-refractivity contribution in [3.8, 4) is 17.1 Å². The molecular formula is C9H5Br2NO2. The fourth-order valence-electron chi connectivity index (χ4n) is 1.11. The summed E-state index contributed by atoms with van der Waals surface area (Å²) in [5.41, 5.74) is 0.601. The van der Waals surface area contributed by atoms with Crippen LogP contribution >= 0.6 is 31.9 Å². The summed E-state index contributed by atoms with van der Waals surface area (Å²) < 4.78 is 6.42. The Labute approximate surface area is 97.0 Å². The van der Waals surface area contributed by atoms with E-state index >= 15 is 0 Å². The Morgan fingerprint density at radius 1 is 1.29 bits per heavy atom. The summed E-state index contributed by atoms with van der Waals surface area (Å²) in [6.07, 6.45) is 1.53. The molecule has 2 aromatic rings. The van der Waals surface area contributed by atoms with Crippen LogP contribution in [0, 0.1) is 0 Å². The highest BCUT2D eigenvalue weighted by Crippen LogP contribution is 2.37. The largest absolute Gasteiger partial charge is 0.506 e. The first-order valence-electron chi connectivity index (χ1n) is 3.77. The molecule has 1 N–H and O–H groups in total. The maximum atomic E-state index is 9.74. The summed E-state index contributed by atoms with van der Waals surface area (Å²) >= 11 is 6.57. The van der Waals surface area contributed by atoms with Gasteiger partial charge in [-0.1, -0.05) is 21.1 Å². The van der Waals surface area contributed by atoms with Crippen LogP contribution in [0.15, 0.2) is 37.9 Å². The van der Waals surface area contributed by atoms with Gasteiger partial charge in [0.25, 0.3) is 0 Å². The lowest BCUT2D eigenvalue weighted by molar-refractivity contribution is 0.425. The van der Waals surface area contributed by atoms with Gasteiger partial charge in [0, 0.05) is 10.5 Å². The molecule has 1 aromatic carbocycles. The van der Waals surface area contributed by atoms with Gasteiger partial charge in [-0.05, 0) is 28.1 Å². The van der Waals surface area contributed by atoms with E-state index in [1.165, 1.54) is 6.20 Å². The number of hydrogen-bond donors (Lipinski definition) is 1. The topological polar surface area (TPSA) is 46.3 Å². The molecule has 0 aliphatic rings. The van der Waals surface area contributed by atoms with Gasteiger partial charge in [-0.2, -0.15) is 0 Å². The molecule has 2 rings (SSSR count). The molecule has 0 unspecified atom stereocenters. The Bertz CT molecular complexity index is 454. The Morgan fingerprint density at radius 2 is 2.07 bits per heavy atom. The molecule has 0 fully saturated rings. The third-order valence-electron chi connectivity index (χ3n) is 1.73. The zero-order chi connectivity index (χ0) is 10.1. The number of hydrogen-bond acceptors (Lipinski definition) is 3. The SMILES string of the molecule is Oc1c(Br)cc(Br)cc1-c1ccno1. The van der Waals surface area contributed by atoms with Gasteiger partial charge in [-0.15, -0.1) is 0 Å². The maximum Gasteiger partial charge on any atom is 0.170 e. The van der Waals surface area contributed by atoms with Gasteiger partial charge in [0.2, 0.25) is 0 Å². The Hall–Kier alpha value is -0.810. The zero-order valence-electron chi connectivity index (χ0n) is 6.87. The molecule has 0 bridgehead atoms. The lowest BCUT2D eigenvalue weighted by atomic mass is 10.1. The minimum absolute atomic E-state index is 0.143. The van der Waals surface area contributed by atoms with E-state index in [4.69, 9.17) is 4.52 Å². The van der Waals surface area contributed by atoms with Gasteiger partial charge in [0.15, 0.2) is 5.76 Å². The van der Waals surface area contributed by atoms with Crippen molar-refractivity contribution >= 4 is 31.9 Å². The molecule has 0 aliphatic carbocycles. The van der Waals surface area contributed by atoms with Gasteiger partial charge < -0.3 is 9.63 Å². The number of aromatic hydroxyl groups is 1. The van der Waals surface area contributed by atoms with Crippen molar-refractivity contribution in [3.05, 3.63) is 33.3 Å². The molecular weight excluding hydrogens is 314 g/mol. The number of rotatable bonds is 1. The number of aromatic nitrogens is 1. The molecule has 0 aliphatic heterocycles. The number of phenolic OH excluding ortho intramolecular Hbond substituents is 1. The third kappa shape index (κ3) is 1.69. The second kappa shape index (κ2) is 3.74. The summed E-state index contributed by atoms with van der Waals surface area (Å²) in [5.74, 6) is 0.675. The number of phenols is 1. The lowest BCUT2D eigenvalue weighted by Crippen LogP contribution is -1.78. The van der Waals surface area contributed by atoms with E-state index in [1.54, 1.807) is 18.2 Å². The van der Waals surface area contributed by atoms with E-state index < -0.39 is 0 Å². The molecule has 0 saturated heterocycles. The first kappa shape index (κ1) is 9.73. The Morgan fingerprint density at radius 3 is 2.71 bits per heavy atom. The third-order valence-corrected chi connectivity index (χ3v) is 2.79. The molecule has 72 valence electrons. The quantitative estimate of drug-likeness (QED) is 0.874. The highest BCUT2D eigenvalue weighted by Gasteiger charge is 2.11. The lowest BCUT2D eigenvalue weighted by Gasteiger charge is -2.03. The number of halogens is 2. The predicted octanol–water partition coefficient (Wildman–Crippen LogP) is 3.57. The van der Waals surface area contributed by atoms with Gasteiger partial charge in [0.05, 0.1) is 16.2 Å². The van der Waals surface area contributed by atoms with Crippen molar-refractivity contribution in [2.45, 2.75) is 0 Å². The van der Waals surface area contributed by atoms with Gasteiger partial charge in [-0.3, -0.25) is 0 Å². The summed E-state index contributed by atoms with van der Waals surface area (Å²) in [6.45, 7) is 0. The minimum atomic E-state index is 0.143. The summed E-state index contributed by atoms with van der Waals surface area (Å²) in [4.78, 5) is 0. The fraction of sp³-hybridized carbons (Fsp3) is 0. The van der Waals surface area contributed by atoms with E-state index in [-0.39, 0.29) is 5.75 Å². The fourth-order valence-corrected chi connectivity index (χ4v) is 2.33. The number of nitrogens with zero attached hydrogens (tertiary/aromatic N) is 1. The van der Waals surface area contributed by atoms with Crippen LogP contribution in [0.5, 0.6) is 5.75 Å². The highest BCUT2D eigenvalue weighted by molar-refractivity contribution is 9.11. The highest BCUT2D eigenvalue weighted by atomic mass is 79.9. The normalized spacial score (nSPS) is 10.4.